The number of hydrogen-bond donors (Lipinski definition) is 2. The third-order valence-electron chi connectivity index (χ3n) is 3.44. The number of rotatable bonds is 4. The van der Waals surface area contributed by atoms with E-state index in [-0.39, 0.29) is 5.78 Å². The van der Waals surface area contributed by atoms with Gasteiger partial charge in [0.15, 0.2) is 11.6 Å². The molecule has 0 amide bonds. The molecule has 24 heavy (non-hydrogen) atoms. The summed E-state index contributed by atoms with van der Waals surface area (Å²) in [5.74, 6) is 0.272. The summed E-state index contributed by atoms with van der Waals surface area (Å²) in [6.07, 6.45) is 1.62. The number of hydrogen-bond acceptors (Lipinski definition) is 4. The van der Waals surface area contributed by atoms with Crippen LogP contribution in [0.15, 0.2) is 60.8 Å². The molecule has 1 heterocycles. The van der Waals surface area contributed by atoms with Gasteiger partial charge in [0.25, 0.3) is 0 Å². The van der Waals surface area contributed by atoms with E-state index in [9.17, 15) is 4.79 Å². The summed E-state index contributed by atoms with van der Waals surface area (Å²) in [7, 11) is 0. The lowest BCUT2D eigenvalue weighted by Gasteiger charge is -2.12. The third-order valence-corrected chi connectivity index (χ3v) is 3.99. The summed E-state index contributed by atoms with van der Waals surface area (Å²) in [6, 6.07) is 15.4. The Morgan fingerprint density at radius 2 is 1.79 bits per heavy atom. The van der Waals surface area contributed by atoms with E-state index in [1.807, 2.05) is 6.07 Å². The van der Waals surface area contributed by atoms with Gasteiger partial charge in [-0.25, -0.2) is 4.98 Å². The number of halogens is 2. The normalized spacial score (nSPS) is 10.4. The van der Waals surface area contributed by atoms with Crippen molar-refractivity contribution >= 4 is 46.2 Å². The standard InChI is InChI=1S/C18H13Cl2N3O/c19-11-7-8-12(14(20)10-11)17(24)13-4-1-2-6-16(13)23-18-15(21)5-3-9-22-18/h1-10H,21H2,(H,22,23). The second kappa shape index (κ2) is 6.91. The van der Waals surface area contributed by atoms with Gasteiger partial charge in [-0.2, -0.15) is 0 Å². The van der Waals surface area contributed by atoms with Crippen LogP contribution in [0.3, 0.4) is 0 Å². The monoisotopic (exact) mass is 357 g/mol. The zero-order chi connectivity index (χ0) is 17.1. The maximum Gasteiger partial charge on any atom is 0.196 e. The minimum absolute atomic E-state index is 0.214. The van der Waals surface area contributed by atoms with Crippen molar-refractivity contribution in [2.75, 3.05) is 11.1 Å². The highest BCUT2D eigenvalue weighted by Crippen LogP contribution is 2.28. The van der Waals surface area contributed by atoms with Gasteiger partial charge in [0.2, 0.25) is 0 Å². The van der Waals surface area contributed by atoms with Gasteiger partial charge in [-0.15, -0.1) is 0 Å². The highest BCUT2D eigenvalue weighted by Gasteiger charge is 2.17. The number of nitrogens with one attached hydrogen (secondary N) is 1. The predicted octanol–water partition coefficient (Wildman–Crippen LogP) is 4.95. The molecule has 3 aromatic rings. The molecule has 1 aromatic heterocycles. The van der Waals surface area contributed by atoms with E-state index in [0.717, 1.165) is 0 Å². The van der Waals surface area contributed by atoms with E-state index >= 15 is 0 Å². The number of carbonyl (C=O) groups is 1. The second-order valence-corrected chi connectivity index (χ2v) is 5.91. The molecule has 2 aromatic carbocycles. The topological polar surface area (TPSA) is 68.0 Å². The Labute approximate surface area is 149 Å². The first-order chi connectivity index (χ1) is 11.6. The Hall–Kier alpha value is -2.56. The average Bonchev–Trinajstić information content (AvgIpc) is 2.57. The first-order valence-corrected chi connectivity index (χ1v) is 7.88. The minimum atomic E-state index is -0.214. The van der Waals surface area contributed by atoms with Gasteiger partial charge in [-0.3, -0.25) is 4.79 Å². The molecule has 0 bridgehead atoms. The molecule has 3 N–H and O–H groups in total. The Balaban J connectivity index is 2.00. The van der Waals surface area contributed by atoms with Crippen molar-refractivity contribution in [1.29, 1.82) is 0 Å². The van der Waals surface area contributed by atoms with Crippen LogP contribution in [0.4, 0.5) is 17.2 Å². The highest BCUT2D eigenvalue weighted by molar-refractivity contribution is 6.37. The van der Waals surface area contributed by atoms with Crippen LogP contribution in [-0.2, 0) is 0 Å². The molecule has 3 rings (SSSR count). The molecule has 0 unspecified atom stereocenters. The Morgan fingerprint density at radius 1 is 1.00 bits per heavy atom. The summed E-state index contributed by atoms with van der Waals surface area (Å²) in [6.45, 7) is 0. The summed E-state index contributed by atoms with van der Waals surface area (Å²) in [5.41, 5.74) is 7.83. The maximum absolute atomic E-state index is 12.9. The van der Waals surface area contributed by atoms with E-state index in [1.165, 1.54) is 0 Å². The quantitative estimate of drug-likeness (QED) is 0.648. The number of anilines is 3. The maximum atomic E-state index is 12.9. The van der Waals surface area contributed by atoms with Crippen molar-refractivity contribution < 1.29 is 4.79 Å². The van der Waals surface area contributed by atoms with Gasteiger partial charge in [0, 0.05) is 22.3 Å². The fraction of sp³-hybridized carbons (Fsp3) is 0. The molecule has 0 atom stereocenters. The Morgan fingerprint density at radius 3 is 2.54 bits per heavy atom. The molecular formula is C18H13Cl2N3O. The lowest BCUT2D eigenvalue weighted by atomic mass is 10.0. The average molecular weight is 358 g/mol. The van der Waals surface area contributed by atoms with Crippen LogP contribution in [0.5, 0.6) is 0 Å². The van der Waals surface area contributed by atoms with E-state index in [0.29, 0.717) is 38.4 Å². The van der Waals surface area contributed by atoms with Gasteiger partial charge in [0.1, 0.15) is 0 Å². The first-order valence-electron chi connectivity index (χ1n) is 7.12. The van der Waals surface area contributed by atoms with Crippen molar-refractivity contribution in [1.82, 2.24) is 4.98 Å². The molecular weight excluding hydrogens is 345 g/mol. The van der Waals surface area contributed by atoms with E-state index < -0.39 is 0 Å². The number of benzene rings is 2. The minimum Gasteiger partial charge on any atom is -0.396 e. The highest BCUT2D eigenvalue weighted by atomic mass is 35.5. The van der Waals surface area contributed by atoms with Gasteiger partial charge in [0.05, 0.1) is 16.4 Å². The van der Waals surface area contributed by atoms with Crippen molar-refractivity contribution in [3.63, 3.8) is 0 Å². The molecule has 0 saturated carbocycles. The van der Waals surface area contributed by atoms with Gasteiger partial charge in [-0.1, -0.05) is 35.3 Å². The molecule has 0 saturated heterocycles. The summed E-state index contributed by atoms with van der Waals surface area (Å²) < 4.78 is 0. The lowest BCUT2D eigenvalue weighted by molar-refractivity contribution is 0.103. The number of para-hydroxylation sites is 1. The van der Waals surface area contributed by atoms with Gasteiger partial charge < -0.3 is 11.1 Å². The fourth-order valence-electron chi connectivity index (χ4n) is 2.26. The number of nitrogen functional groups attached to an aromatic ring is 1. The molecule has 0 fully saturated rings. The van der Waals surface area contributed by atoms with Crippen LogP contribution < -0.4 is 11.1 Å². The Kier molecular flexibility index (Phi) is 4.69. The van der Waals surface area contributed by atoms with Crippen LogP contribution in [0, 0.1) is 0 Å². The lowest BCUT2D eigenvalue weighted by Crippen LogP contribution is -2.07. The molecule has 120 valence electrons. The first kappa shape index (κ1) is 16.3. The molecule has 0 spiro atoms. The fourth-order valence-corrected chi connectivity index (χ4v) is 2.75. The molecule has 0 radical (unpaired) electrons. The SMILES string of the molecule is Nc1cccnc1Nc1ccccc1C(=O)c1ccc(Cl)cc1Cl. The van der Waals surface area contributed by atoms with E-state index in [1.54, 1.807) is 54.7 Å². The zero-order valence-electron chi connectivity index (χ0n) is 12.5. The van der Waals surface area contributed by atoms with E-state index in [2.05, 4.69) is 10.3 Å². The smallest absolute Gasteiger partial charge is 0.196 e. The van der Waals surface area contributed by atoms with E-state index in [4.69, 9.17) is 28.9 Å². The summed E-state index contributed by atoms with van der Waals surface area (Å²) in [5, 5.41) is 3.88. The van der Waals surface area contributed by atoms with Crippen LogP contribution >= 0.6 is 23.2 Å². The largest absolute Gasteiger partial charge is 0.396 e. The van der Waals surface area contributed by atoms with Gasteiger partial charge >= 0.3 is 0 Å². The van der Waals surface area contributed by atoms with Crippen LogP contribution in [0.2, 0.25) is 10.0 Å². The second-order valence-electron chi connectivity index (χ2n) is 5.07. The number of nitrogens with two attached hydrogens (primary N) is 1. The molecule has 6 heteroatoms. The number of pyridine rings is 1. The van der Waals surface area contributed by atoms with Crippen LogP contribution in [0.1, 0.15) is 15.9 Å². The Bertz CT molecular complexity index is 912. The molecule has 4 nitrogen and oxygen atoms in total. The molecule has 0 aliphatic carbocycles. The van der Waals surface area contributed by atoms with Crippen molar-refractivity contribution in [3.05, 3.63) is 82.0 Å². The van der Waals surface area contributed by atoms with Crippen molar-refractivity contribution in [2.45, 2.75) is 0 Å². The zero-order valence-corrected chi connectivity index (χ0v) is 14.0. The summed E-state index contributed by atoms with van der Waals surface area (Å²) >= 11 is 12.0. The van der Waals surface area contributed by atoms with Crippen molar-refractivity contribution in [3.8, 4) is 0 Å². The molecule has 0 aliphatic heterocycles. The third kappa shape index (κ3) is 3.35. The summed E-state index contributed by atoms with van der Waals surface area (Å²) in [4.78, 5) is 17.0. The number of nitrogens with zero attached hydrogens (tertiary/aromatic N) is 1. The number of ketones is 1. The van der Waals surface area contributed by atoms with Gasteiger partial charge in [-0.05, 0) is 42.5 Å². The van der Waals surface area contributed by atoms with Crippen molar-refractivity contribution in [2.24, 2.45) is 0 Å². The predicted molar refractivity (Wildman–Crippen MR) is 98.3 cm³/mol. The van der Waals surface area contributed by atoms with Crippen LogP contribution in [-0.4, -0.2) is 10.8 Å². The number of carbonyl (C=O) groups excluding carboxylic acids is 1. The number of aromatic nitrogens is 1. The molecule has 0 aliphatic rings. The van der Waals surface area contributed by atoms with Crippen LogP contribution in [0.25, 0.3) is 0 Å².